The van der Waals surface area contributed by atoms with Gasteiger partial charge in [-0.1, -0.05) is 12.1 Å². The molecule has 1 unspecified atom stereocenters. The number of aryl methyl sites for hydroxylation is 1. The number of nitrogens with zero attached hydrogens (tertiary/aromatic N) is 3. The second kappa shape index (κ2) is 6.68. The average molecular weight is 281 g/mol. The molecule has 0 radical (unpaired) electrons. The molecule has 1 aromatic heterocycles. The summed E-state index contributed by atoms with van der Waals surface area (Å²) in [5, 5.41) is 14.0. The Kier molecular flexibility index (Phi) is 4.93. The quantitative estimate of drug-likeness (QED) is 0.824. The van der Waals surface area contributed by atoms with Crippen molar-refractivity contribution >= 4 is 11.8 Å². The molecule has 0 saturated carbocycles. The molecule has 102 valence electrons. The minimum Gasteiger partial charge on any atom is -0.392 e. The van der Waals surface area contributed by atoms with Gasteiger partial charge in [0.2, 0.25) is 0 Å². The third kappa shape index (κ3) is 3.78. The van der Waals surface area contributed by atoms with Crippen molar-refractivity contribution in [3.05, 3.63) is 42.2 Å². The van der Waals surface area contributed by atoms with Gasteiger partial charge >= 0.3 is 0 Å². The summed E-state index contributed by atoms with van der Waals surface area (Å²) in [6, 6.07) is 6.56. The van der Waals surface area contributed by atoms with Crippen LogP contribution in [0.2, 0.25) is 0 Å². The van der Waals surface area contributed by atoms with E-state index < -0.39 is 6.10 Å². The zero-order chi connectivity index (χ0) is 13.7. The summed E-state index contributed by atoms with van der Waals surface area (Å²) in [5.74, 6) is 0.929. The minimum atomic E-state index is -0.570. The van der Waals surface area contributed by atoms with Crippen LogP contribution in [0.15, 0.2) is 35.5 Å². The summed E-state index contributed by atoms with van der Waals surface area (Å²) in [7, 11) is 0. The van der Waals surface area contributed by atoms with Gasteiger partial charge in [-0.2, -0.15) is 5.10 Å². The van der Waals surface area contributed by atoms with Crippen molar-refractivity contribution in [1.82, 2.24) is 14.8 Å². The monoisotopic (exact) mass is 281 g/mol. The van der Waals surface area contributed by atoms with E-state index in [0.717, 1.165) is 12.4 Å². The molecule has 0 aliphatic rings. The highest BCUT2D eigenvalue weighted by Gasteiger charge is 2.12. The van der Waals surface area contributed by atoms with Gasteiger partial charge in [0.15, 0.2) is 0 Å². The van der Waals surface area contributed by atoms with E-state index in [1.54, 1.807) is 22.9 Å². The van der Waals surface area contributed by atoms with Crippen LogP contribution >= 0.6 is 11.8 Å². The molecule has 1 atom stereocenters. The molecule has 0 bridgehead atoms. The Morgan fingerprint density at radius 3 is 2.95 bits per heavy atom. The van der Waals surface area contributed by atoms with Crippen LogP contribution in [-0.2, 0) is 13.0 Å². The highest BCUT2D eigenvalue weighted by molar-refractivity contribution is 7.99. The Morgan fingerprint density at radius 1 is 1.42 bits per heavy atom. The Morgan fingerprint density at radius 2 is 2.21 bits per heavy atom. The van der Waals surface area contributed by atoms with E-state index in [4.69, 9.17) is 0 Å². The second-order valence-corrected chi connectivity index (χ2v) is 5.15. The van der Waals surface area contributed by atoms with Gasteiger partial charge in [0.05, 0.1) is 6.10 Å². The first-order chi connectivity index (χ1) is 9.20. The van der Waals surface area contributed by atoms with Crippen molar-refractivity contribution < 1.29 is 9.50 Å². The van der Waals surface area contributed by atoms with E-state index in [1.165, 1.54) is 24.2 Å². The van der Waals surface area contributed by atoms with Crippen LogP contribution in [0.5, 0.6) is 0 Å². The number of thioether (sulfide) groups is 1. The molecule has 6 heteroatoms. The van der Waals surface area contributed by atoms with Crippen molar-refractivity contribution in [3.8, 4) is 0 Å². The molecule has 19 heavy (non-hydrogen) atoms. The van der Waals surface area contributed by atoms with Gasteiger partial charge in [-0.25, -0.2) is 9.37 Å². The second-order valence-electron chi connectivity index (χ2n) is 4.09. The normalized spacial score (nSPS) is 12.6. The van der Waals surface area contributed by atoms with Crippen molar-refractivity contribution in [2.45, 2.75) is 30.9 Å². The number of rotatable bonds is 6. The van der Waals surface area contributed by atoms with Crippen LogP contribution < -0.4 is 0 Å². The van der Waals surface area contributed by atoms with Gasteiger partial charge in [0, 0.05) is 23.6 Å². The van der Waals surface area contributed by atoms with E-state index in [0.29, 0.717) is 17.1 Å². The Balaban J connectivity index is 1.88. The first kappa shape index (κ1) is 14.0. The summed E-state index contributed by atoms with van der Waals surface area (Å²) in [4.78, 5) is 4.66. The average Bonchev–Trinajstić information content (AvgIpc) is 2.85. The molecule has 2 rings (SSSR count). The number of hydrogen-bond acceptors (Lipinski definition) is 4. The van der Waals surface area contributed by atoms with Crippen LogP contribution in [0.3, 0.4) is 0 Å². The highest BCUT2D eigenvalue weighted by atomic mass is 32.2. The molecule has 0 aliphatic carbocycles. The SMILES string of the molecule is CCn1ncnc1CC(O)CSc1ccccc1F. The van der Waals surface area contributed by atoms with Crippen LogP contribution in [0, 0.1) is 5.82 Å². The molecule has 1 N–H and O–H groups in total. The van der Waals surface area contributed by atoms with Crippen LogP contribution in [0.4, 0.5) is 4.39 Å². The summed E-state index contributed by atoms with van der Waals surface area (Å²) >= 11 is 1.31. The van der Waals surface area contributed by atoms with Crippen LogP contribution in [0.1, 0.15) is 12.7 Å². The maximum Gasteiger partial charge on any atom is 0.138 e. The maximum absolute atomic E-state index is 13.4. The van der Waals surface area contributed by atoms with Crippen molar-refractivity contribution in [2.24, 2.45) is 0 Å². The van der Waals surface area contributed by atoms with E-state index in [9.17, 15) is 9.50 Å². The molecule has 4 nitrogen and oxygen atoms in total. The number of aliphatic hydroxyl groups is 1. The third-order valence-electron chi connectivity index (χ3n) is 2.68. The smallest absolute Gasteiger partial charge is 0.138 e. The van der Waals surface area contributed by atoms with Gasteiger partial charge in [-0.3, -0.25) is 4.68 Å². The van der Waals surface area contributed by atoms with Crippen molar-refractivity contribution in [3.63, 3.8) is 0 Å². The van der Waals surface area contributed by atoms with Crippen LogP contribution in [-0.4, -0.2) is 31.7 Å². The molecule has 0 fully saturated rings. The maximum atomic E-state index is 13.4. The van der Waals surface area contributed by atoms with Crippen molar-refractivity contribution in [1.29, 1.82) is 0 Å². The number of aromatic nitrogens is 3. The molecule has 0 aliphatic heterocycles. The lowest BCUT2D eigenvalue weighted by molar-refractivity contribution is 0.195. The molecule has 0 saturated heterocycles. The Labute approximate surface area is 115 Å². The van der Waals surface area contributed by atoms with E-state index in [1.807, 2.05) is 6.92 Å². The zero-order valence-electron chi connectivity index (χ0n) is 10.7. The van der Waals surface area contributed by atoms with Gasteiger partial charge in [-0.15, -0.1) is 11.8 Å². The summed E-state index contributed by atoms with van der Waals surface area (Å²) in [5.41, 5.74) is 0. The van der Waals surface area contributed by atoms with Gasteiger partial charge in [0.1, 0.15) is 18.0 Å². The van der Waals surface area contributed by atoms with Gasteiger partial charge in [0.25, 0.3) is 0 Å². The predicted molar refractivity (Wildman–Crippen MR) is 72.5 cm³/mol. The van der Waals surface area contributed by atoms with E-state index >= 15 is 0 Å². The zero-order valence-corrected chi connectivity index (χ0v) is 11.5. The lowest BCUT2D eigenvalue weighted by Crippen LogP contribution is -2.17. The largest absolute Gasteiger partial charge is 0.392 e. The summed E-state index contributed by atoms with van der Waals surface area (Å²) in [6.45, 7) is 2.70. The molecular formula is C13H16FN3OS. The number of benzene rings is 1. The van der Waals surface area contributed by atoms with Crippen molar-refractivity contribution in [2.75, 3.05) is 5.75 Å². The summed E-state index contributed by atoms with van der Waals surface area (Å²) < 4.78 is 15.2. The first-order valence-corrected chi connectivity index (χ1v) is 7.11. The highest BCUT2D eigenvalue weighted by Crippen LogP contribution is 2.22. The fraction of sp³-hybridized carbons (Fsp3) is 0.385. The Bertz CT molecular complexity index is 532. The molecular weight excluding hydrogens is 265 g/mol. The van der Waals surface area contributed by atoms with Gasteiger partial charge in [-0.05, 0) is 19.1 Å². The third-order valence-corrected chi connectivity index (χ3v) is 3.87. The predicted octanol–water partition coefficient (Wildman–Crippen LogP) is 2.13. The lowest BCUT2D eigenvalue weighted by Gasteiger charge is -2.10. The van der Waals surface area contributed by atoms with E-state index in [-0.39, 0.29) is 5.82 Å². The lowest BCUT2D eigenvalue weighted by atomic mass is 10.3. The topological polar surface area (TPSA) is 50.9 Å². The minimum absolute atomic E-state index is 0.253. The number of aliphatic hydroxyl groups excluding tert-OH is 1. The van der Waals surface area contributed by atoms with Gasteiger partial charge < -0.3 is 5.11 Å². The number of halogens is 1. The standard InChI is InChI=1S/C13H16FN3OS/c1-2-17-13(15-9-16-17)7-10(18)8-19-12-6-4-3-5-11(12)14/h3-6,9-10,18H,2,7-8H2,1H3. The fourth-order valence-corrected chi connectivity index (χ4v) is 2.60. The molecule has 0 amide bonds. The number of hydrogen-bond donors (Lipinski definition) is 1. The molecule has 0 spiro atoms. The molecule has 1 aromatic carbocycles. The first-order valence-electron chi connectivity index (χ1n) is 6.12. The molecule has 1 heterocycles. The summed E-state index contributed by atoms with van der Waals surface area (Å²) in [6.07, 6.45) is 1.34. The molecule has 2 aromatic rings. The Hall–Kier alpha value is -1.40. The van der Waals surface area contributed by atoms with E-state index in [2.05, 4.69) is 10.1 Å². The van der Waals surface area contributed by atoms with Crippen LogP contribution in [0.25, 0.3) is 0 Å². The fourth-order valence-electron chi connectivity index (χ4n) is 1.73.